The number of carbonyl (C=O) groups excluding carboxylic acids is 2. The Morgan fingerprint density at radius 1 is 1.21 bits per heavy atom. The zero-order valence-electron chi connectivity index (χ0n) is 18.2. The highest BCUT2D eigenvalue weighted by atomic mass is 32.2. The Bertz CT molecular complexity index is 1270. The van der Waals surface area contributed by atoms with Crippen molar-refractivity contribution in [2.45, 2.75) is 18.0 Å². The van der Waals surface area contributed by atoms with Crippen molar-refractivity contribution in [1.82, 2.24) is 24.7 Å². The molecule has 4 rings (SSSR count). The number of hydrogen-bond donors (Lipinski definition) is 3. The molecular weight excluding hydrogens is 460 g/mol. The molecule has 2 aromatic heterocycles. The van der Waals surface area contributed by atoms with E-state index < -0.39 is 10.0 Å². The number of anilines is 1. The fourth-order valence-electron chi connectivity index (χ4n) is 3.27. The molecule has 34 heavy (non-hydrogen) atoms. The van der Waals surface area contributed by atoms with Crippen molar-refractivity contribution in [3.8, 4) is 0 Å². The average molecular weight is 485 g/mol. The summed E-state index contributed by atoms with van der Waals surface area (Å²) in [4.78, 5) is 25.6. The molecule has 3 amide bonds. The second-order valence-corrected chi connectivity index (χ2v) is 9.27. The van der Waals surface area contributed by atoms with Crippen LogP contribution in [0.1, 0.15) is 11.3 Å². The van der Waals surface area contributed by atoms with Gasteiger partial charge in [0.2, 0.25) is 15.9 Å². The van der Waals surface area contributed by atoms with Crippen molar-refractivity contribution in [2.75, 3.05) is 25.0 Å². The van der Waals surface area contributed by atoms with E-state index in [0.717, 1.165) is 0 Å². The van der Waals surface area contributed by atoms with E-state index in [0.29, 0.717) is 43.2 Å². The number of furan rings is 1. The van der Waals surface area contributed by atoms with E-state index in [1.54, 1.807) is 46.1 Å². The summed E-state index contributed by atoms with van der Waals surface area (Å²) in [5, 5.41) is 9.65. The quantitative estimate of drug-likeness (QED) is 0.374. The molecule has 0 saturated carbocycles. The van der Waals surface area contributed by atoms with Crippen LogP contribution in [0, 0.1) is 0 Å². The lowest BCUT2D eigenvalue weighted by Crippen LogP contribution is -2.31. The minimum atomic E-state index is -3.68. The van der Waals surface area contributed by atoms with Crippen LogP contribution in [0.4, 0.5) is 10.5 Å². The highest BCUT2D eigenvalue weighted by molar-refractivity contribution is 7.89. The summed E-state index contributed by atoms with van der Waals surface area (Å²) >= 11 is 0. The van der Waals surface area contributed by atoms with Gasteiger partial charge < -0.3 is 20.0 Å². The van der Waals surface area contributed by atoms with Crippen molar-refractivity contribution in [1.29, 1.82) is 0 Å². The van der Waals surface area contributed by atoms with E-state index in [1.807, 2.05) is 0 Å². The SMILES string of the molecule is O=C(/C=C/c1ccc(S(=O)(=O)NCc2ccco2)cc1)Nc1cnn(CCN2CCNC2=O)c1. The Kier molecular flexibility index (Phi) is 7.09. The molecule has 3 heterocycles. The molecule has 0 radical (unpaired) electrons. The Morgan fingerprint density at radius 2 is 2.03 bits per heavy atom. The van der Waals surface area contributed by atoms with Crippen LogP contribution in [0.5, 0.6) is 0 Å². The molecule has 1 fully saturated rings. The predicted octanol–water partition coefficient (Wildman–Crippen LogP) is 1.63. The van der Waals surface area contributed by atoms with Gasteiger partial charge in [0.15, 0.2) is 0 Å². The summed E-state index contributed by atoms with van der Waals surface area (Å²) < 4.78 is 34.0. The third-order valence-corrected chi connectivity index (χ3v) is 6.50. The summed E-state index contributed by atoms with van der Waals surface area (Å²) in [5.41, 5.74) is 1.20. The number of amides is 3. The number of hydrogen-bond acceptors (Lipinski definition) is 6. The van der Waals surface area contributed by atoms with Crippen molar-refractivity contribution < 1.29 is 22.4 Å². The maximum absolute atomic E-state index is 12.4. The van der Waals surface area contributed by atoms with Crippen molar-refractivity contribution >= 4 is 33.7 Å². The fourth-order valence-corrected chi connectivity index (χ4v) is 4.27. The third kappa shape index (κ3) is 6.11. The number of carbonyl (C=O) groups is 2. The van der Waals surface area contributed by atoms with Gasteiger partial charge >= 0.3 is 6.03 Å². The van der Waals surface area contributed by atoms with Crippen LogP contribution >= 0.6 is 0 Å². The molecule has 178 valence electrons. The number of rotatable bonds is 10. The van der Waals surface area contributed by atoms with E-state index in [-0.39, 0.29) is 23.4 Å². The van der Waals surface area contributed by atoms with E-state index in [1.165, 1.54) is 30.7 Å². The zero-order valence-corrected chi connectivity index (χ0v) is 19.0. The highest BCUT2D eigenvalue weighted by Gasteiger charge is 2.18. The molecule has 12 heteroatoms. The molecule has 0 aliphatic carbocycles. The third-order valence-electron chi connectivity index (χ3n) is 5.08. The fraction of sp³-hybridized carbons (Fsp3) is 0.227. The molecule has 3 aromatic rings. The van der Waals surface area contributed by atoms with Gasteiger partial charge in [-0.1, -0.05) is 12.1 Å². The molecule has 1 saturated heterocycles. The maximum atomic E-state index is 12.4. The van der Waals surface area contributed by atoms with E-state index >= 15 is 0 Å². The highest BCUT2D eigenvalue weighted by Crippen LogP contribution is 2.13. The molecule has 0 unspecified atom stereocenters. The zero-order chi connectivity index (χ0) is 24.0. The lowest BCUT2D eigenvalue weighted by Gasteiger charge is -2.13. The molecule has 0 spiro atoms. The van der Waals surface area contributed by atoms with Gasteiger partial charge in [-0.3, -0.25) is 9.48 Å². The second-order valence-electron chi connectivity index (χ2n) is 7.51. The van der Waals surface area contributed by atoms with E-state index in [4.69, 9.17) is 4.42 Å². The lowest BCUT2D eigenvalue weighted by atomic mass is 10.2. The van der Waals surface area contributed by atoms with Gasteiger partial charge in [-0.25, -0.2) is 17.9 Å². The lowest BCUT2D eigenvalue weighted by molar-refractivity contribution is -0.111. The number of nitrogens with zero attached hydrogens (tertiary/aromatic N) is 3. The summed E-state index contributed by atoms with van der Waals surface area (Å²) in [6.45, 7) is 2.42. The summed E-state index contributed by atoms with van der Waals surface area (Å²) in [6, 6.07) is 9.43. The Balaban J connectivity index is 1.26. The van der Waals surface area contributed by atoms with Crippen LogP contribution in [-0.4, -0.2) is 54.7 Å². The van der Waals surface area contributed by atoms with E-state index in [2.05, 4.69) is 20.5 Å². The maximum Gasteiger partial charge on any atom is 0.317 e. The first-order chi connectivity index (χ1) is 16.4. The minimum Gasteiger partial charge on any atom is -0.468 e. The molecule has 11 nitrogen and oxygen atoms in total. The van der Waals surface area contributed by atoms with Crippen LogP contribution in [0.2, 0.25) is 0 Å². The van der Waals surface area contributed by atoms with Crippen molar-refractivity contribution in [3.05, 3.63) is 72.5 Å². The average Bonchev–Trinajstić information content (AvgIpc) is 3.58. The van der Waals surface area contributed by atoms with Crippen LogP contribution in [0.3, 0.4) is 0 Å². The molecular formula is C22H24N6O5S. The van der Waals surface area contributed by atoms with E-state index in [9.17, 15) is 18.0 Å². The van der Waals surface area contributed by atoms with Crippen molar-refractivity contribution in [3.63, 3.8) is 0 Å². The Morgan fingerprint density at radius 3 is 2.74 bits per heavy atom. The molecule has 0 atom stereocenters. The molecule has 1 aromatic carbocycles. The number of sulfonamides is 1. The van der Waals surface area contributed by atoms with Gasteiger partial charge in [0, 0.05) is 31.9 Å². The number of aromatic nitrogens is 2. The molecule has 1 aliphatic rings. The van der Waals surface area contributed by atoms with Crippen LogP contribution < -0.4 is 15.4 Å². The van der Waals surface area contributed by atoms with Gasteiger partial charge in [-0.05, 0) is 35.9 Å². The Hall–Kier alpha value is -3.90. The van der Waals surface area contributed by atoms with Gasteiger partial charge in [-0.2, -0.15) is 5.10 Å². The standard InChI is InChI=1S/C22H24N6O5S/c29-21(26-18-14-24-28(16-18)12-11-27-10-9-23-22(27)30)8-5-17-3-6-20(7-4-17)34(31,32)25-15-19-2-1-13-33-19/h1-8,13-14,16,25H,9-12,15H2,(H,23,30)(H,26,29)/b8-5+. The normalized spacial score (nSPS) is 14.0. The smallest absolute Gasteiger partial charge is 0.317 e. The number of urea groups is 1. The first-order valence-electron chi connectivity index (χ1n) is 10.6. The minimum absolute atomic E-state index is 0.0569. The largest absolute Gasteiger partial charge is 0.468 e. The van der Waals surface area contributed by atoms with Crippen molar-refractivity contribution in [2.24, 2.45) is 0 Å². The Labute approximate surface area is 196 Å². The first kappa shape index (κ1) is 23.3. The van der Waals surface area contributed by atoms with Gasteiger partial charge in [-0.15, -0.1) is 0 Å². The van der Waals surface area contributed by atoms with Crippen LogP contribution in [-0.2, 0) is 27.9 Å². The predicted molar refractivity (Wildman–Crippen MR) is 124 cm³/mol. The molecule has 1 aliphatic heterocycles. The summed E-state index contributed by atoms with van der Waals surface area (Å²) in [7, 11) is -3.68. The summed E-state index contributed by atoms with van der Waals surface area (Å²) in [6.07, 6.45) is 7.63. The number of benzene rings is 1. The van der Waals surface area contributed by atoms with Gasteiger partial charge in [0.25, 0.3) is 0 Å². The van der Waals surface area contributed by atoms with Gasteiger partial charge in [0.05, 0.1) is 36.1 Å². The second kappa shape index (κ2) is 10.4. The van der Waals surface area contributed by atoms with Crippen LogP contribution in [0.25, 0.3) is 6.08 Å². The van der Waals surface area contributed by atoms with Crippen LogP contribution in [0.15, 0.2) is 70.4 Å². The molecule has 3 N–H and O–H groups in total. The summed E-state index contributed by atoms with van der Waals surface area (Å²) in [5.74, 6) is 0.161. The molecule has 0 bridgehead atoms. The topological polar surface area (TPSA) is 139 Å². The number of nitrogens with one attached hydrogen (secondary N) is 3. The van der Waals surface area contributed by atoms with Gasteiger partial charge in [0.1, 0.15) is 5.76 Å². The monoisotopic (exact) mass is 484 g/mol. The first-order valence-corrected chi connectivity index (χ1v) is 12.0.